The van der Waals surface area contributed by atoms with Crippen molar-refractivity contribution in [2.24, 2.45) is 0 Å². The van der Waals surface area contributed by atoms with Gasteiger partial charge in [-0.3, -0.25) is 4.79 Å². The molecule has 0 spiro atoms. The zero-order valence-electron chi connectivity index (χ0n) is 16.5. The van der Waals surface area contributed by atoms with Crippen molar-refractivity contribution in [1.82, 2.24) is 0 Å². The van der Waals surface area contributed by atoms with E-state index >= 15 is 0 Å². The fourth-order valence-electron chi connectivity index (χ4n) is 2.80. The van der Waals surface area contributed by atoms with Crippen LogP contribution < -0.4 is 10.1 Å². The number of esters is 1. The Balaban J connectivity index is 1.79. The maximum absolute atomic E-state index is 12.8. The Kier molecular flexibility index (Phi) is 7.38. The smallest absolute Gasteiger partial charge is 0.339 e. The second-order valence-electron chi connectivity index (χ2n) is 6.26. The van der Waals surface area contributed by atoms with Crippen LogP contribution in [0.2, 0.25) is 5.02 Å². The average Bonchev–Trinajstić information content (AvgIpc) is 2.78. The molecule has 3 aromatic carbocycles. The molecule has 0 aliphatic carbocycles. The van der Waals surface area contributed by atoms with Gasteiger partial charge >= 0.3 is 5.97 Å². The van der Waals surface area contributed by atoms with Gasteiger partial charge in [-0.2, -0.15) is 0 Å². The van der Waals surface area contributed by atoms with Gasteiger partial charge in [0.1, 0.15) is 5.75 Å². The third-order valence-corrected chi connectivity index (χ3v) is 5.64. The molecule has 0 aromatic heterocycles. The molecule has 1 amide bonds. The number of rotatable bonds is 7. The van der Waals surface area contributed by atoms with E-state index in [9.17, 15) is 9.59 Å². The summed E-state index contributed by atoms with van der Waals surface area (Å²) in [5.41, 5.74) is 2.02. The van der Waals surface area contributed by atoms with Crippen molar-refractivity contribution in [3.8, 4) is 5.75 Å². The summed E-state index contributed by atoms with van der Waals surface area (Å²) in [6, 6.07) is 19.5. The molecule has 30 heavy (non-hydrogen) atoms. The van der Waals surface area contributed by atoms with Gasteiger partial charge in [0.2, 0.25) is 0 Å². The van der Waals surface area contributed by atoms with Crippen LogP contribution in [0, 0.1) is 0 Å². The molecular formula is C23H20ClNO4S. The first-order chi connectivity index (χ1) is 14.5. The van der Waals surface area contributed by atoms with Crippen LogP contribution in [-0.2, 0) is 10.5 Å². The zero-order chi connectivity index (χ0) is 21.5. The van der Waals surface area contributed by atoms with Crippen molar-refractivity contribution < 1.29 is 19.1 Å². The predicted octanol–water partition coefficient (Wildman–Crippen LogP) is 5.68. The molecule has 7 heteroatoms. The fourth-order valence-corrected chi connectivity index (χ4v) is 3.80. The van der Waals surface area contributed by atoms with Crippen molar-refractivity contribution in [3.05, 3.63) is 88.4 Å². The second-order valence-corrected chi connectivity index (χ2v) is 7.75. The van der Waals surface area contributed by atoms with Crippen LogP contribution in [0.3, 0.4) is 0 Å². The number of benzene rings is 3. The number of halogens is 1. The highest BCUT2D eigenvalue weighted by atomic mass is 35.5. The zero-order valence-corrected chi connectivity index (χ0v) is 18.0. The molecule has 0 aliphatic rings. The topological polar surface area (TPSA) is 64.6 Å². The van der Waals surface area contributed by atoms with Crippen molar-refractivity contribution in [2.45, 2.75) is 10.6 Å². The number of ether oxygens (including phenoxy) is 2. The molecule has 0 saturated carbocycles. The van der Waals surface area contributed by atoms with E-state index in [1.807, 2.05) is 24.3 Å². The number of carbonyl (C=O) groups excluding carboxylic acids is 2. The monoisotopic (exact) mass is 441 g/mol. The summed E-state index contributed by atoms with van der Waals surface area (Å²) in [5.74, 6) is 0.473. The summed E-state index contributed by atoms with van der Waals surface area (Å²) in [6.45, 7) is 0. The van der Waals surface area contributed by atoms with E-state index in [1.165, 1.54) is 7.11 Å². The molecule has 0 fully saturated rings. The summed E-state index contributed by atoms with van der Waals surface area (Å²) >= 11 is 7.55. The Morgan fingerprint density at radius 3 is 2.43 bits per heavy atom. The van der Waals surface area contributed by atoms with Gasteiger partial charge < -0.3 is 14.8 Å². The van der Waals surface area contributed by atoms with Crippen LogP contribution in [0.4, 0.5) is 5.69 Å². The number of nitrogens with one attached hydrogen (secondary N) is 1. The number of methoxy groups -OCH3 is 2. The first-order valence-corrected chi connectivity index (χ1v) is 10.4. The van der Waals surface area contributed by atoms with Gasteiger partial charge in [0.25, 0.3) is 5.91 Å². The molecule has 3 rings (SSSR count). The molecule has 0 atom stereocenters. The number of hydrogen-bond donors (Lipinski definition) is 1. The highest BCUT2D eigenvalue weighted by molar-refractivity contribution is 7.98. The molecule has 0 bridgehead atoms. The standard InChI is InChI=1S/C23H20ClNO4S/c1-28-21-12-7-15(13-16(21)14-30-18-10-8-17(24)9-11-18)22(26)25-20-6-4-3-5-19(20)23(27)29-2/h3-13H,14H2,1-2H3,(H,25,26). The van der Waals surface area contributed by atoms with Gasteiger partial charge in [-0.25, -0.2) is 4.79 Å². The summed E-state index contributed by atoms with van der Waals surface area (Å²) < 4.78 is 10.2. The molecule has 0 radical (unpaired) electrons. The lowest BCUT2D eigenvalue weighted by atomic mass is 10.1. The van der Waals surface area contributed by atoms with Crippen molar-refractivity contribution >= 4 is 40.9 Å². The highest BCUT2D eigenvalue weighted by Gasteiger charge is 2.16. The van der Waals surface area contributed by atoms with Crippen LogP contribution in [0.15, 0.2) is 71.6 Å². The van der Waals surface area contributed by atoms with Crippen LogP contribution in [0.25, 0.3) is 0 Å². The third kappa shape index (κ3) is 5.34. The van der Waals surface area contributed by atoms with E-state index in [2.05, 4.69) is 5.32 Å². The number of amides is 1. The highest BCUT2D eigenvalue weighted by Crippen LogP contribution is 2.30. The van der Waals surface area contributed by atoms with Crippen molar-refractivity contribution in [3.63, 3.8) is 0 Å². The fraction of sp³-hybridized carbons (Fsp3) is 0.130. The molecule has 3 aromatic rings. The predicted molar refractivity (Wildman–Crippen MR) is 120 cm³/mol. The van der Waals surface area contributed by atoms with E-state index in [4.69, 9.17) is 21.1 Å². The second kappa shape index (κ2) is 10.2. The number of carbonyl (C=O) groups is 2. The summed E-state index contributed by atoms with van der Waals surface area (Å²) in [6.07, 6.45) is 0. The van der Waals surface area contributed by atoms with E-state index in [0.29, 0.717) is 33.3 Å². The van der Waals surface area contributed by atoms with Gasteiger partial charge in [-0.1, -0.05) is 23.7 Å². The Morgan fingerprint density at radius 2 is 1.73 bits per heavy atom. The van der Waals surface area contributed by atoms with Crippen LogP contribution in [0.1, 0.15) is 26.3 Å². The molecule has 154 valence electrons. The van der Waals surface area contributed by atoms with Crippen LogP contribution >= 0.6 is 23.4 Å². The van der Waals surface area contributed by atoms with Crippen molar-refractivity contribution in [2.75, 3.05) is 19.5 Å². The summed E-state index contributed by atoms with van der Waals surface area (Å²) in [4.78, 5) is 25.8. The van der Waals surface area contributed by atoms with Gasteiger partial charge in [0, 0.05) is 26.8 Å². The molecule has 0 aliphatic heterocycles. The molecule has 0 heterocycles. The number of anilines is 1. The number of hydrogen-bond acceptors (Lipinski definition) is 5. The minimum absolute atomic E-state index is 0.292. The van der Waals surface area contributed by atoms with E-state index in [1.54, 1.807) is 61.3 Å². The van der Waals surface area contributed by atoms with Crippen molar-refractivity contribution in [1.29, 1.82) is 0 Å². The Labute approximate surface area is 184 Å². The summed E-state index contributed by atoms with van der Waals surface area (Å²) in [5, 5.41) is 3.47. The average molecular weight is 442 g/mol. The van der Waals surface area contributed by atoms with Crippen LogP contribution in [-0.4, -0.2) is 26.1 Å². The number of thioether (sulfide) groups is 1. The van der Waals surface area contributed by atoms with Gasteiger partial charge in [0.05, 0.1) is 25.5 Å². The normalized spacial score (nSPS) is 10.4. The summed E-state index contributed by atoms with van der Waals surface area (Å²) in [7, 11) is 2.90. The Morgan fingerprint density at radius 1 is 1.00 bits per heavy atom. The SMILES string of the molecule is COC(=O)c1ccccc1NC(=O)c1ccc(OC)c(CSc2ccc(Cl)cc2)c1. The van der Waals surface area contributed by atoms with E-state index in [0.717, 1.165) is 10.5 Å². The van der Waals surface area contributed by atoms with Gasteiger partial charge in [-0.05, 0) is 54.6 Å². The minimum atomic E-state index is -0.513. The number of para-hydroxylation sites is 1. The lowest BCUT2D eigenvalue weighted by Crippen LogP contribution is -2.15. The maximum Gasteiger partial charge on any atom is 0.339 e. The van der Waals surface area contributed by atoms with Gasteiger partial charge in [0.15, 0.2) is 0 Å². The first kappa shape index (κ1) is 21.7. The Bertz CT molecular complexity index is 1050. The molecule has 0 saturated heterocycles. The lowest BCUT2D eigenvalue weighted by Gasteiger charge is -2.12. The largest absolute Gasteiger partial charge is 0.496 e. The Hall–Kier alpha value is -2.96. The molecule has 0 unspecified atom stereocenters. The quantitative estimate of drug-likeness (QED) is 0.377. The molecule has 1 N–H and O–H groups in total. The van der Waals surface area contributed by atoms with E-state index in [-0.39, 0.29) is 5.91 Å². The molecule has 5 nitrogen and oxygen atoms in total. The van der Waals surface area contributed by atoms with Gasteiger partial charge in [-0.15, -0.1) is 11.8 Å². The maximum atomic E-state index is 12.8. The third-order valence-electron chi connectivity index (χ3n) is 4.33. The van der Waals surface area contributed by atoms with Crippen LogP contribution in [0.5, 0.6) is 5.75 Å². The lowest BCUT2D eigenvalue weighted by molar-refractivity contribution is 0.0602. The molecular weight excluding hydrogens is 422 g/mol. The van der Waals surface area contributed by atoms with E-state index < -0.39 is 5.97 Å². The first-order valence-electron chi connectivity index (χ1n) is 9.06. The minimum Gasteiger partial charge on any atom is -0.496 e.